The smallest absolute Gasteiger partial charge is 0.254 e. The number of aryl methyl sites for hydroxylation is 1. The molecular formula is C23H24ClN5O2. The Hall–Kier alpha value is -3.19. The van der Waals surface area contributed by atoms with Crippen molar-refractivity contribution in [2.24, 2.45) is 0 Å². The number of hydrogen-bond donors (Lipinski definition) is 1. The number of benzene rings is 1. The first-order valence-corrected chi connectivity index (χ1v) is 10.6. The van der Waals surface area contributed by atoms with E-state index in [0.29, 0.717) is 47.3 Å². The number of amides is 1. The van der Waals surface area contributed by atoms with Crippen LogP contribution < -0.4 is 10.5 Å². The first-order valence-electron chi connectivity index (χ1n) is 10.3. The molecule has 4 rings (SSSR count). The van der Waals surface area contributed by atoms with E-state index in [0.717, 1.165) is 24.3 Å². The van der Waals surface area contributed by atoms with Gasteiger partial charge in [-0.2, -0.15) is 0 Å². The van der Waals surface area contributed by atoms with Crippen LogP contribution in [0.25, 0.3) is 11.4 Å². The Morgan fingerprint density at radius 1 is 1.10 bits per heavy atom. The van der Waals surface area contributed by atoms with Crippen molar-refractivity contribution in [2.45, 2.75) is 20.3 Å². The molecule has 3 heterocycles. The molecule has 1 aliphatic heterocycles. The van der Waals surface area contributed by atoms with Gasteiger partial charge in [-0.05, 0) is 50.6 Å². The summed E-state index contributed by atoms with van der Waals surface area (Å²) in [6.07, 6.45) is 2.57. The van der Waals surface area contributed by atoms with Crippen molar-refractivity contribution in [2.75, 3.05) is 31.1 Å². The third-order valence-corrected chi connectivity index (χ3v) is 5.83. The molecule has 3 aromatic rings. The summed E-state index contributed by atoms with van der Waals surface area (Å²) in [5.74, 6) is 1.35. The van der Waals surface area contributed by atoms with Gasteiger partial charge in [-0.1, -0.05) is 17.7 Å². The quantitative estimate of drug-likeness (QED) is 0.678. The van der Waals surface area contributed by atoms with Crippen molar-refractivity contribution in [3.8, 4) is 11.4 Å². The highest BCUT2D eigenvalue weighted by atomic mass is 35.5. The second kappa shape index (κ2) is 8.89. The van der Waals surface area contributed by atoms with E-state index in [-0.39, 0.29) is 11.5 Å². The maximum absolute atomic E-state index is 12.8. The largest absolute Gasteiger partial charge is 0.355 e. The molecule has 160 valence electrons. The highest BCUT2D eigenvalue weighted by Gasteiger charge is 2.21. The van der Waals surface area contributed by atoms with Crippen LogP contribution in [-0.2, 0) is 0 Å². The normalized spacial score (nSPS) is 14.4. The fourth-order valence-electron chi connectivity index (χ4n) is 3.65. The molecule has 0 saturated carbocycles. The number of halogens is 1. The second-order valence-electron chi connectivity index (χ2n) is 7.67. The molecule has 1 aliphatic rings. The van der Waals surface area contributed by atoms with Gasteiger partial charge in [-0.15, -0.1) is 0 Å². The van der Waals surface area contributed by atoms with E-state index in [4.69, 9.17) is 11.6 Å². The van der Waals surface area contributed by atoms with Crippen LogP contribution in [-0.4, -0.2) is 51.9 Å². The lowest BCUT2D eigenvalue weighted by molar-refractivity contribution is 0.0767. The molecule has 8 heteroatoms. The number of nitrogens with one attached hydrogen (secondary N) is 1. The van der Waals surface area contributed by atoms with Gasteiger partial charge in [-0.25, -0.2) is 9.97 Å². The van der Waals surface area contributed by atoms with E-state index < -0.39 is 0 Å². The van der Waals surface area contributed by atoms with Crippen molar-refractivity contribution >= 4 is 23.3 Å². The molecule has 1 saturated heterocycles. The third kappa shape index (κ3) is 4.61. The number of H-pyrrole nitrogens is 1. The molecule has 2 aromatic heterocycles. The van der Waals surface area contributed by atoms with Crippen LogP contribution in [0.2, 0.25) is 5.02 Å². The second-order valence-corrected chi connectivity index (χ2v) is 8.11. The van der Waals surface area contributed by atoms with Crippen molar-refractivity contribution in [3.63, 3.8) is 0 Å². The van der Waals surface area contributed by atoms with Crippen LogP contribution in [0.1, 0.15) is 28.0 Å². The van der Waals surface area contributed by atoms with Gasteiger partial charge in [-0.3, -0.25) is 9.59 Å². The fourth-order valence-corrected chi connectivity index (χ4v) is 3.84. The number of carbonyl (C=O) groups excluding carboxylic acids is 1. The van der Waals surface area contributed by atoms with E-state index in [1.165, 1.54) is 0 Å². The predicted octanol–water partition coefficient (Wildman–Crippen LogP) is 3.45. The highest BCUT2D eigenvalue weighted by Crippen LogP contribution is 2.20. The van der Waals surface area contributed by atoms with Crippen LogP contribution in [0.5, 0.6) is 0 Å². The number of pyridine rings is 1. The van der Waals surface area contributed by atoms with Crippen LogP contribution >= 0.6 is 11.6 Å². The number of anilines is 1. The van der Waals surface area contributed by atoms with Crippen molar-refractivity contribution < 1.29 is 4.79 Å². The maximum atomic E-state index is 12.8. The van der Waals surface area contributed by atoms with Gasteiger partial charge in [0.1, 0.15) is 11.6 Å². The summed E-state index contributed by atoms with van der Waals surface area (Å²) in [6, 6.07) is 10.9. The van der Waals surface area contributed by atoms with E-state index in [9.17, 15) is 9.59 Å². The minimum atomic E-state index is -0.136. The molecule has 0 atom stereocenters. The Bertz CT molecular complexity index is 1160. The Kier molecular flexibility index (Phi) is 6.04. The summed E-state index contributed by atoms with van der Waals surface area (Å²) in [7, 11) is 0. The van der Waals surface area contributed by atoms with Gasteiger partial charge in [0.25, 0.3) is 11.5 Å². The molecule has 1 N–H and O–H groups in total. The van der Waals surface area contributed by atoms with Gasteiger partial charge in [0, 0.05) is 59.8 Å². The van der Waals surface area contributed by atoms with Gasteiger partial charge in [0.05, 0.1) is 0 Å². The van der Waals surface area contributed by atoms with E-state index in [1.54, 1.807) is 37.4 Å². The van der Waals surface area contributed by atoms with Crippen LogP contribution in [0, 0.1) is 13.8 Å². The molecule has 0 unspecified atom stereocenters. The molecule has 1 aromatic carbocycles. The van der Waals surface area contributed by atoms with E-state index in [2.05, 4.69) is 19.9 Å². The number of aromatic nitrogens is 3. The lowest BCUT2D eigenvalue weighted by Gasteiger charge is -2.23. The molecule has 0 spiro atoms. The minimum absolute atomic E-state index is 0.00238. The Labute approximate surface area is 185 Å². The number of nitrogens with zero attached hydrogens (tertiary/aromatic N) is 4. The molecule has 0 aliphatic carbocycles. The summed E-state index contributed by atoms with van der Waals surface area (Å²) in [6.45, 7) is 6.38. The van der Waals surface area contributed by atoms with Crippen molar-refractivity contribution in [3.05, 3.63) is 74.8 Å². The number of rotatable bonds is 3. The minimum Gasteiger partial charge on any atom is -0.355 e. The topological polar surface area (TPSA) is 82.2 Å². The Morgan fingerprint density at radius 3 is 2.65 bits per heavy atom. The number of aromatic amines is 1. The molecule has 7 nitrogen and oxygen atoms in total. The predicted molar refractivity (Wildman–Crippen MR) is 122 cm³/mol. The van der Waals surface area contributed by atoms with Crippen LogP contribution in [0.15, 0.2) is 47.4 Å². The average Bonchev–Trinajstić information content (AvgIpc) is 3.03. The van der Waals surface area contributed by atoms with E-state index in [1.807, 2.05) is 24.0 Å². The SMILES string of the molecule is Cc1nc(-c2ccc(N3CCCN(C(=O)c4cccc(Cl)c4)CC3)nc2)[nH]c(=O)c1C. The number of hydrogen-bond acceptors (Lipinski definition) is 5. The van der Waals surface area contributed by atoms with Gasteiger partial charge < -0.3 is 14.8 Å². The van der Waals surface area contributed by atoms with Crippen molar-refractivity contribution in [1.29, 1.82) is 0 Å². The standard InChI is InChI=1S/C23H24ClN5O2/c1-15-16(2)26-21(27-22(15)30)18-7-8-20(25-14-18)28-9-4-10-29(12-11-28)23(31)17-5-3-6-19(24)13-17/h3,5-8,13-14H,4,9-12H2,1-2H3,(H,26,27,30). The molecule has 31 heavy (non-hydrogen) atoms. The van der Waals surface area contributed by atoms with Crippen LogP contribution in [0.3, 0.4) is 0 Å². The van der Waals surface area contributed by atoms with Gasteiger partial charge in [0.2, 0.25) is 0 Å². The summed E-state index contributed by atoms with van der Waals surface area (Å²) in [4.78, 5) is 40.7. The Morgan fingerprint density at radius 2 is 1.94 bits per heavy atom. The van der Waals surface area contributed by atoms with E-state index >= 15 is 0 Å². The maximum Gasteiger partial charge on any atom is 0.254 e. The summed E-state index contributed by atoms with van der Waals surface area (Å²) in [5, 5.41) is 0.561. The van der Waals surface area contributed by atoms with Crippen molar-refractivity contribution in [1.82, 2.24) is 19.9 Å². The molecule has 0 bridgehead atoms. The average molecular weight is 438 g/mol. The highest BCUT2D eigenvalue weighted by molar-refractivity contribution is 6.30. The molecule has 1 fully saturated rings. The first kappa shape index (κ1) is 21.1. The first-order chi connectivity index (χ1) is 14.9. The summed E-state index contributed by atoms with van der Waals surface area (Å²) in [5.41, 5.74) is 2.56. The summed E-state index contributed by atoms with van der Waals surface area (Å²) < 4.78 is 0. The lowest BCUT2D eigenvalue weighted by atomic mass is 10.2. The fraction of sp³-hybridized carbons (Fsp3) is 0.304. The molecule has 1 amide bonds. The molecular weight excluding hydrogens is 414 g/mol. The lowest BCUT2D eigenvalue weighted by Crippen LogP contribution is -2.35. The molecule has 0 radical (unpaired) electrons. The van der Waals surface area contributed by atoms with Gasteiger partial charge in [0.15, 0.2) is 0 Å². The zero-order valence-corrected chi connectivity index (χ0v) is 18.3. The third-order valence-electron chi connectivity index (χ3n) is 5.59. The monoisotopic (exact) mass is 437 g/mol. The number of carbonyl (C=O) groups is 1. The zero-order valence-electron chi connectivity index (χ0n) is 17.6. The summed E-state index contributed by atoms with van der Waals surface area (Å²) >= 11 is 6.03. The Balaban J connectivity index is 1.46. The zero-order chi connectivity index (χ0) is 22.0. The van der Waals surface area contributed by atoms with Crippen LogP contribution in [0.4, 0.5) is 5.82 Å². The van der Waals surface area contributed by atoms with Gasteiger partial charge >= 0.3 is 0 Å².